The molecule has 0 aliphatic heterocycles. The van der Waals surface area contributed by atoms with E-state index in [1.165, 1.54) is 0 Å². The number of carboxylic acids is 1. The van der Waals surface area contributed by atoms with Gasteiger partial charge in [-0.05, 0) is 30.7 Å². The Labute approximate surface area is 130 Å². The third-order valence-electron chi connectivity index (χ3n) is 3.25. The van der Waals surface area contributed by atoms with Crippen molar-refractivity contribution in [2.45, 2.75) is 63.8 Å². The van der Waals surface area contributed by atoms with Gasteiger partial charge in [-0.25, -0.2) is 17.9 Å². The fourth-order valence-corrected chi connectivity index (χ4v) is 5.19. The molecule has 2 N–H and O–H groups in total. The largest absolute Gasteiger partial charge is 0.477 e. The van der Waals surface area contributed by atoms with Crippen LogP contribution in [0.25, 0.3) is 0 Å². The van der Waals surface area contributed by atoms with Gasteiger partial charge in [0.1, 0.15) is 9.77 Å². The Morgan fingerprint density at radius 1 is 1.33 bits per heavy atom. The van der Waals surface area contributed by atoms with Crippen molar-refractivity contribution in [1.82, 2.24) is 4.72 Å². The van der Waals surface area contributed by atoms with Crippen molar-refractivity contribution >= 4 is 27.3 Å². The molecule has 1 atom stereocenters. The van der Waals surface area contributed by atoms with Crippen LogP contribution in [0.1, 0.15) is 61.2 Å². The number of rotatable bonds is 9. The minimum Gasteiger partial charge on any atom is -0.477 e. The Balaban J connectivity index is 3.04. The van der Waals surface area contributed by atoms with Crippen LogP contribution < -0.4 is 4.72 Å². The number of carboxylic acid groups (broad SMARTS) is 1. The molecule has 0 aromatic carbocycles. The topological polar surface area (TPSA) is 83.5 Å². The molecule has 0 aliphatic carbocycles. The Kier molecular flexibility index (Phi) is 6.83. The molecule has 1 aromatic heterocycles. The summed E-state index contributed by atoms with van der Waals surface area (Å²) in [6, 6.07) is -0.138. The van der Waals surface area contributed by atoms with E-state index in [1.54, 1.807) is 12.3 Å². The number of aryl methyl sites for hydroxylation is 1. The van der Waals surface area contributed by atoms with Gasteiger partial charge < -0.3 is 5.11 Å². The summed E-state index contributed by atoms with van der Waals surface area (Å²) in [6.07, 6.45) is 4.35. The molecule has 0 aliphatic rings. The van der Waals surface area contributed by atoms with E-state index < -0.39 is 16.0 Å². The molecule has 21 heavy (non-hydrogen) atoms. The highest BCUT2D eigenvalue weighted by molar-refractivity contribution is 7.89. The molecule has 0 radical (unpaired) electrons. The fraction of sp³-hybridized carbons (Fsp3) is 0.643. The van der Waals surface area contributed by atoms with Crippen molar-refractivity contribution in [3.63, 3.8) is 0 Å². The summed E-state index contributed by atoms with van der Waals surface area (Å²) in [5, 5.41) is 10.7. The van der Waals surface area contributed by atoms with Crippen LogP contribution in [0.4, 0.5) is 0 Å². The first-order chi connectivity index (χ1) is 9.83. The van der Waals surface area contributed by atoms with Gasteiger partial charge in [0.05, 0.1) is 0 Å². The van der Waals surface area contributed by atoms with E-state index in [2.05, 4.69) is 11.6 Å². The number of carbonyl (C=O) groups is 1. The number of sulfonamides is 1. The van der Waals surface area contributed by atoms with Crippen molar-refractivity contribution in [1.29, 1.82) is 0 Å². The average Bonchev–Trinajstić information content (AvgIpc) is 2.79. The molecule has 0 bridgehead atoms. The van der Waals surface area contributed by atoms with Gasteiger partial charge in [0.15, 0.2) is 0 Å². The maximum Gasteiger partial charge on any atom is 0.347 e. The summed E-state index contributed by atoms with van der Waals surface area (Å²) in [5.74, 6) is -1.20. The highest BCUT2D eigenvalue weighted by atomic mass is 32.2. The molecular formula is C14H23NO4S2. The van der Waals surface area contributed by atoms with Gasteiger partial charge in [0.2, 0.25) is 10.0 Å². The van der Waals surface area contributed by atoms with Gasteiger partial charge in [-0.3, -0.25) is 0 Å². The molecule has 0 fully saturated rings. The minimum absolute atomic E-state index is 0.0856. The lowest BCUT2D eigenvalue weighted by Gasteiger charge is -2.18. The van der Waals surface area contributed by atoms with Gasteiger partial charge in [-0.2, -0.15) is 0 Å². The molecule has 0 spiro atoms. The predicted octanol–water partition coefficient (Wildman–Crippen LogP) is 3.39. The molecule has 1 aromatic rings. The van der Waals surface area contributed by atoms with Crippen LogP contribution in [0.15, 0.2) is 10.3 Å². The van der Waals surface area contributed by atoms with E-state index in [4.69, 9.17) is 5.11 Å². The number of unbranched alkanes of at least 4 members (excludes halogenated alkanes) is 1. The molecule has 120 valence electrons. The van der Waals surface area contributed by atoms with Crippen molar-refractivity contribution in [3.05, 3.63) is 15.8 Å². The van der Waals surface area contributed by atoms with Crippen molar-refractivity contribution in [2.24, 2.45) is 0 Å². The number of thiophene rings is 1. The van der Waals surface area contributed by atoms with Crippen LogP contribution in [0.5, 0.6) is 0 Å². The zero-order chi connectivity index (χ0) is 16.0. The van der Waals surface area contributed by atoms with E-state index in [-0.39, 0.29) is 15.8 Å². The van der Waals surface area contributed by atoms with Gasteiger partial charge in [0, 0.05) is 6.04 Å². The molecule has 0 saturated carbocycles. The van der Waals surface area contributed by atoms with Gasteiger partial charge in [-0.15, -0.1) is 11.3 Å². The zero-order valence-corrected chi connectivity index (χ0v) is 14.3. The smallest absolute Gasteiger partial charge is 0.347 e. The standard InChI is InChI=1S/C14H23NO4S2/c1-4-6-8-11(7-5-2)15-21(18,19)13-10(3)9-20-12(13)14(16)17/h9,11,15H,4-8H2,1-3H3,(H,16,17). The molecule has 1 unspecified atom stereocenters. The summed E-state index contributed by atoms with van der Waals surface area (Å²) in [7, 11) is -3.80. The third-order valence-corrected chi connectivity index (χ3v) is 6.17. The number of hydrogen-bond donors (Lipinski definition) is 2. The summed E-state index contributed by atoms with van der Waals surface area (Å²) < 4.78 is 27.7. The predicted molar refractivity (Wildman–Crippen MR) is 84.6 cm³/mol. The second-order valence-electron chi connectivity index (χ2n) is 5.13. The summed E-state index contributed by atoms with van der Waals surface area (Å²) >= 11 is 0.951. The van der Waals surface area contributed by atoms with Crippen LogP contribution in [-0.4, -0.2) is 25.5 Å². The maximum absolute atomic E-state index is 12.5. The maximum atomic E-state index is 12.5. The number of hydrogen-bond acceptors (Lipinski definition) is 4. The van der Waals surface area contributed by atoms with Gasteiger partial charge >= 0.3 is 5.97 Å². The van der Waals surface area contributed by atoms with Crippen LogP contribution in [-0.2, 0) is 10.0 Å². The normalized spacial score (nSPS) is 13.3. The molecule has 5 nitrogen and oxygen atoms in total. The molecule has 1 heterocycles. The van der Waals surface area contributed by atoms with Crippen LogP contribution in [0, 0.1) is 6.92 Å². The molecule has 7 heteroatoms. The lowest BCUT2D eigenvalue weighted by Crippen LogP contribution is -2.35. The first-order valence-electron chi connectivity index (χ1n) is 7.17. The highest BCUT2D eigenvalue weighted by Gasteiger charge is 2.28. The average molecular weight is 333 g/mol. The van der Waals surface area contributed by atoms with Crippen molar-refractivity contribution in [3.8, 4) is 0 Å². The van der Waals surface area contributed by atoms with E-state index in [0.717, 1.165) is 43.4 Å². The van der Waals surface area contributed by atoms with Crippen molar-refractivity contribution < 1.29 is 18.3 Å². The van der Waals surface area contributed by atoms with Crippen LogP contribution >= 0.6 is 11.3 Å². The van der Waals surface area contributed by atoms with E-state index in [9.17, 15) is 13.2 Å². The lowest BCUT2D eigenvalue weighted by molar-refractivity contribution is 0.0698. The molecule has 0 amide bonds. The first-order valence-corrected chi connectivity index (χ1v) is 9.53. The van der Waals surface area contributed by atoms with Crippen molar-refractivity contribution in [2.75, 3.05) is 0 Å². The molecule has 1 rings (SSSR count). The van der Waals surface area contributed by atoms with E-state index in [0.29, 0.717) is 5.56 Å². The molecule has 0 saturated heterocycles. The van der Waals surface area contributed by atoms with Gasteiger partial charge in [-0.1, -0.05) is 33.1 Å². The Bertz CT molecular complexity index is 578. The van der Waals surface area contributed by atoms with Crippen LogP contribution in [0.2, 0.25) is 0 Å². The third kappa shape index (κ3) is 4.79. The second-order valence-corrected chi connectivity index (χ2v) is 7.66. The Morgan fingerprint density at radius 2 is 2.00 bits per heavy atom. The summed E-state index contributed by atoms with van der Waals surface area (Å²) in [6.45, 7) is 5.69. The quantitative estimate of drug-likeness (QED) is 0.725. The second kappa shape index (κ2) is 7.91. The summed E-state index contributed by atoms with van der Waals surface area (Å²) in [4.78, 5) is 11.0. The highest BCUT2D eigenvalue weighted by Crippen LogP contribution is 2.27. The zero-order valence-electron chi connectivity index (χ0n) is 12.7. The fourth-order valence-electron chi connectivity index (χ4n) is 2.25. The van der Waals surface area contributed by atoms with Crippen LogP contribution in [0.3, 0.4) is 0 Å². The minimum atomic E-state index is -3.80. The first kappa shape index (κ1) is 18.1. The number of aromatic carboxylic acids is 1. The Morgan fingerprint density at radius 3 is 2.52 bits per heavy atom. The van der Waals surface area contributed by atoms with Gasteiger partial charge in [0.25, 0.3) is 0 Å². The van der Waals surface area contributed by atoms with E-state index >= 15 is 0 Å². The molecular weight excluding hydrogens is 310 g/mol. The summed E-state index contributed by atoms with van der Waals surface area (Å²) in [5.41, 5.74) is 0.482. The van der Waals surface area contributed by atoms with E-state index in [1.807, 2.05) is 6.92 Å². The Hall–Kier alpha value is -0.920. The SMILES string of the molecule is CCCCC(CCC)NS(=O)(=O)c1c(C)csc1C(=O)O. The monoisotopic (exact) mass is 333 g/mol. The lowest BCUT2D eigenvalue weighted by atomic mass is 10.1. The number of nitrogens with one attached hydrogen (secondary N) is 1.